The lowest BCUT2D eigenvalue weighted by atomic mass is 9.86. The van der Waals surface area contributed by atoms with Gasteiger partial charge >= 0.3 is 0 Å². The molecule has 0 bridgehead atoms. The third-order valence-electron chi connectivity index (χ3n) is 5.56. The van der Waals surface area contributed by atoms with E-state index in [1.54, 1.807) is 0 Å². The molecule has 4 rings (SSSR count). The van der Waals surface area contributed by atoms with E-state index in [1.807, 2.05) is 4.90 Å². The third kappa shape index (κ3) is 3.30. The molecule has 2 fully saturated rings. The smallest absolute Gasteiger partial charge is 0.223 e. The quantitative estimate of drug-likeness (QED) is 0.859. The van der Waals surface area contributed by atoms with Crippen molar-refractivity contribution in [1.29, 1.82) is 0 Å². The molecule has 1 saturated heterocycles. The van der Waals surface area contributed by atoms with Gasteiger partial charge in [0.25, 0.3) is 0 Å². The van der Waals surface area contributed by atoms with Gasteiger partial charge < -0.3 is 14.1 Å². The number of hydrogen-bond acceptors (Lipinski definition) is 4. The summed E-state index contributed by atoms with van der Waals surface area (Å²) in [4.78, 5) is 19.2. The van der Waals surface area contributed by atoms with Gasteiger partial charge in [-0.25, -0.2) is 4.98 Å². The van der Waals surface area contributed by atoms with Gasteiger partial charge in [-0.15, -0.1) is 0 Å². The summed E-state index contributed by atoms with van der Waals surface area (Å²) in [5.41, 5.74) is 0.968. The molecule has 23 heavy (non-hydrogen) atoms. The molecular formula is C18H26N2O3. The molecule has 1 aliphatic carbocycles. The summed E-state index contributed by atoms with van der Waals surface area (Å²) in [5.74, 6) is 2.99. The normalized spacial score (nSPS) is 25.6. The Kier molecular flexibility index (Phi) is 4.38. The molecule has 5 heteroatoms. The molecule has 0 N–H and O–H groups in total. The molecule has 1 aromatic heterocycles. The maximum absolute atomic E-state index is 12.6. The van der Waals surface area contributed by atoms with Gasteiger partial charge in [0, 0.05) is 26.0 Å². The number of oxazole rings is 1. The van der Waals surface area contributed by atoms with Crippen LogP contribution < -0.4 is 0 Å². The zero-order valence-corrected chi connectivity index (χ0v) is 13.8. The summed E-state index contributed by atoms with van der Waals surface area (Å²) in [6.07, 6.45) is 8.87. The van der Waals surface area contributed by atoms with Crippen LogP contribution in [0.5, 0.6) is 0 Å². The average Bonchev–Trinajstić information content (AvgIpc) is 3.24. The number of rotatable bonds is 3. The van der Waals surface area contributed by atoms with Crippen LogP contribution in [0.15, 0.2) is 4.42 Å². The van der Waals surface area contributed by atoms with Gasteiger partial charge in [-0.1, -0.05) is 19.3 Å². The first-order chi connectivity index (χ1) is 11.3. The van der Waals surface area contributed by atoms with Crippen molar-refractivity contribution < 1.29 is 13.9 Å². The Morgan fingerprint density at radius 1 is 1.22 bits per heavy atom. The van der Waals surface area contributed by atoms with Crippen LogP contribution in [0, 0.1) is 5.92 Å². The fourth-order valence-corrected chi connectivity index (χ4v) is 4.10. The van der Waals surface area contributed by atoms with Gasteiger partial charge in [-0.2, -0.15) is 0 Å². The zero-order valence-electron chi connectivity index (χ0n) is 13.8. The minimum atomic E-state index is 0.298. The van der Waals surface area contributed by atoms with Gasteiger partial charge in [0.05, 0.1) is 19.1 Å². The fraction of sp³-hybridized carbons (Fsp3) is 0.778. The lowest BCUT2D eigenvalue weighted by Gasteiger charge is -2.28. The highest BCUT2D eigenvalue weighted by molar-refractivity contribution is 5.76. The molecule has 0 radical (unpaired) electrons. The zero-order chi connectivity index (χ0) is 15.6. The largest absolute Gasteiger partial charge is 0.445 e. The number of amides is 1. The van der Waals surface area contributed by atoms with Crippen LogP contribution in [0.25, 0.3) is 0 Å². The van der Waals surface area contributed by atoms with Gasteiger partial charge in [0.2, 0.25) is 5.91 Å². The molecule has 0 spiro atoms. The van der Waals surface area contributed by atoms with Crippen LogP contribution in [0.4, 0.5) is 0 Å². The lowest BCUT2D eigenvalue weighted by molar-refractivity contribution is -0.133. The summed E-state index contributed by atoms with van der Waals surface area (Å²) < 4.78 is 11.4. The van der Waals surface area contributed by atoms with E-state index in [1.165, 1.54) is 32.1 Å². The molecule has 5 nitrogen and oxygen atoms in total. The molecule has 1 aromatic rings. The van der Waals surface area contributed by atoms with Crippen LogP contribution in [0.2, 0.25) is 0 Å². The third-order valence-corrected chi connectivity index (χ3v) is 5.56. The highest BCUT2D eigenvalue weighted by atomic mass is 16.5. The summed E-state index contributed by atoms with van der Waals surface area (Å²) >= 11 is 0. The molecular weight excluding hydrogens is 292 g/mol. The molecule has 0 aromatic carbocycles. The Hall–Kier alpha value is -1.36. The minimum Gasteiger partial charge on any atom is -0.445 e. The van der Waals surface area contributed by atoms with Crippen molar-refractivity contribution in [2.75, 3.05) is 19.8 Å². The van der Waals surface area contributed by atoms with Gasteiger partial charge in [-0.3, -0.25) is 4.79 Å². The first kappa shape index (κ1) is 15.2. The van der Waals surface area contributed by atoms with E-state index >= 15 is 0 Å². The van der Waals surface area contributed by atoms with Crippen molar-refractivity contribution in [1.82, 2.24) is 9.88 Å². The van der Waals surface area contributed by atoms with Gasteiger partial charge in [-0.05, 0) is 25.2 Å². The molecule has 1 unspecified atom stereocenters. The van der Waals surface area contributed by atoms with E-state index in [-0.39, 0.29) is 0 Å². The Balaban J connectivity index is 1.38. The van der Waals surface area contributed by atoms with Crippen LogP contribution in [0.3, 0.4) is 0 Å². The molecule has 2 aliphatic heterocycles. The van der Waals surface area contributed by atoms with Crippen molar-refractivity contribution in [3.63, 3.8) is 0 Å². The average molecular weight is 318 g/mol. The monoisotopic (exact) mass is 318 g/mol. The second kappa shape index (κ2) is 6.63. The van der Waals surface area contributed by atoms with Crippen molar-refractivity contribution >= 4 is 5.91 Å². The summed E-state index contributed by atoms with van der Waals surface area (Å²) in [5, 5.41) is 0. The second-order valence-electron chi connectivity index (χ2n) is 7.26. The molecule has 1 saturated carbocycles. The van der Waals surface area contributed by atoms with Crippen LogP contribution >= 0.6 is 0 Å². The Morgan fingerprint density at radius 3 is 2.87 bits per heavy atom. The van der Waals surface area contributed by atoms with E-state index in [4.69, 9.17) is 9.15 Å². The number of fused-ring (bicyclic) bond motifs is 1. The summed E-state index contributed by atoms with van der Waals surface area (Å²) in [6.45, 7) is 2.90. The van der Waals surface area contributed by atoms with Crippen molar-refractivity contribution in [3.8, 4) is 0 Å². The number of aromatic nitrogens is 1. The van der Waals surface area contributed by atoms with E-state index < -0.39 is 0 Å². The predicted octanol–water partition coefficient (Wildman–Crippen LogP) is 3.03. The highest BCUT2D eigenvalue weighted by Crippen LogP contribution is 2.30. The van der Waals surface area contributed by atoms with E-state index in [0.717, 1.165) is 49.8 Å². The minimum absolute atomic E-state index is 0.298. The second-order valence-corrected chi connectivity index (χ2v) is 7.26. The summed E-state index contributed by atoms with van der Waals surface area (Å²) in [7, 11) is 0. The summed E-state index contributed by atoms with van der Waals surface area (Å²) in [6, 6.07) is 0. The molecule has 3 heterocycles. The predicted molar refractivity (Wildman–Crippen MR) is 85.0 cm³/mol. The molecule has 1 amide bonds. The lowest BCUT2D eigenvalue weighted by Crippen LogP contribution is -2.36. The van der Waals surface area contributed by atoms with E-state index in [0.29, 0.717) is 30.9 Å². The number of hydrogen-bond donors (Lipinski definition) is 0. The van der Waals surface area contributed by atoms with Crippen LogP contribution in [0.1, 0.15) is 68.2 Å². The van der Waals surface area contributed by atoms with Gasteiger partial charge in [0.1, 0.15) is 11.5 Å². The number of ether oxygens (including phenoxy) is 1. The SMILES string of the molecule is O=C(CC1CCCCC1)N1CCc2oc(C3CCOC3)nc2C1. The van der Waals surface area contributed by atoms with Crippen molar-refractivity contribution in [2.24, 2.45) is 5.92 Å². The van der Waals surface area contributed by atoms with E-state index in [2.05, 4.69) is 4.98 Å². The van der Waals surface area contributed by atoms with Crippen molar-refractivity contribution in [3.05, 3.63) is 17.3 Å². The number of carbonyl (C=O) groups excluding carboxylic acids is 1. The fourth-order valence-electron chi connectivity index (χ4n) is 4.10. The Labute approximate surface area is 137 Å². The van der Waals surface area contributed by atoms with E-state index in [9.17, 15) is 4.79 Å². The maximum Gasteiger partial charge on any atom is 0.223 e. The first-order valence-corrected chi connectivity index (χ1v) is 9.13. The Morgan fingerprint density at radius 2 is 2.09 bits per heavy atom. The van der Waals surface area contributed by atoms with Crippen molar-refractivity contribution in [2.45, 2.75) is 63.8 Å². The Bertz CT molecular complexity index is 557. The van der Waals surface area contributed by atoms with Crippen LogP contribution in [-0.4, -0.2) is 35.5 Å². The maximum atomic E-state index is 12.6. The standard InChI is InChI=1S/C18H26N2O3/c21-17(10-13-4-2-1-3-5-13)20-8-6-16-15(11-20)19-18(23-16)14-7-9-22-12-14/h13-14H,1-12H2. The van der Waals surface area contributed by atoms with Crippen LogP contribution in [-0.2, 0) is 22.5 Å². The molecule has 3 aliphatic rings. The highest BCUT2D eigenvalue weighted by Gasteiger charge is 2.30. The molecule has 1 atom stereocenters. The first-order valence-electron chi connectivity index (χ1n) is 9.13. The number of nitrogens with zero attached hydrogens (tertiary/aromatic N) is 2. The molecule has 126 valence electrons. The number of carbonyl (C=O) groups is 1. The topological polar surface area (TPSA) is 55.6 Å². The van der Waals surface area contributed by atoms with Gasteiger partial charge in [0.15, 0.2) is 5.89 Å².